The van der Waals surface area contributed by atoms with Gasteiger partial charge in [0.05, 0.1) is 29.7 Å². The normalized spacial score (nSPS) is 14.0. The average molecular weight is 430 g/mol. The zero-order valence-corrected chi connectivity index (χ0v) is 17.2. The first-order valence-corrected chi connectivity index (χ1v) is 10.6. The van der Waals surface area contributed by atoms with E-state index in [1.165, 1.54) is 11.8 Å². The van der Waals surface area contributed by atoms with E-state index < -0.39 is 0 Å². The van der Waals surface area contributed by atoms with E-state index in [0.717, 1.165) is 24.3 Å². The molecule has 1 aliphatic rings. The Balaban J connectivity index is 1.32. The molecule has 2 N–H and O–H groups in total. The number of anilines is 2. The molecule has 0 unspecified atom stereocenters. The maximum atomic E-state index is 12.3. The van der Waals surface area contributed by atoms with Gasteiger partial charge in [0.25, 0.3) is 0 Å². The number of carbonyl (C=O) groups excluding carboxylic acids is 1. The first kappa shape index (κ1) is 19.8. The van der Waals surface area contributed by atoms with Gasteiger partial charge < -0.3 is 15.0 Å². The van der Waals surface area contributed by atoms with Crippen LogP contribution in [0.1, 0.15) is 0 Å². The van der Waals surface area contributed by atoms with Crippen molar-refractivity contribution in [2.24, 2.45) is 0 Å². The minimum Gasteiger partial charge on any atom is -0.378 e. The van der Waals surface area contributed by atoms with Crippen molar-refractivity contribution in [2.75, 3.05) is 42.3 Å². The molecule has 0 radical (unpaired) electrons. The molecule has 1 aliphatic heterocycles. The van der Waals surface area contributed by atoms with Crippen molar-refractivity contribution in [1.29, 1.82) is 0 Å². The summed E-state index contributed by atoms with van der Waals surface area (Å²) in [6.45, 7) is 3.01. The molecule has 0 saturated carbocycles. The molecule has 0 atom stereocenters. The topological polar surface area (TPSA) is 83.1 Å². The number of benzene rings is 2. The van der Waals surface area contributed by atoms with E-state index in [1.807, 2.05) is 42.5 Å². The zero-order valence-electron chi connectivity index (χ0n) is 15.6. The average Bonchev–Trinajstić information content (AvgIpc) is 3.23. The summed E-state index contributed by atoms with van der Waals surface area (Å²) in [4.78, 5) is 18.9. The number of morpholine rings is 1. The third-order valence-corrected chi connectivity index (χ3v) is 5.58. The number of hydrogen-bond donors (Lipinski definition) is 2. The summed E-state index contributed by atoms with van der Waals surface area (Å²) in [5.74, 6) is 0.741. The van der Waals surface area contributed by atoms with Gasteiger partial charge in [0, 0.05) is 24.3 Å². The summed E-state index contributed by atoms with van der Waals surface area (Å²) in [5, 5.41) is 11.1. The van der Waals surface area contributed by atoms with Gasteiger partial charge in [-0.2, -0.15) is 0 Å². The maximum absolute atomic E-state index is 12.3. The van der Waals surface area contributed by atoms with Crippen LogP contribution in [-0.4, -0.2) is 53.1 Å². The number of rotatable bonds is 6. The molecular formula is C20H20ClN5O2S. The van der Waals surface area contributed by atoms with Crippen LogP contribution in [0, 0.1) is 0 Å². The number of thioether (sulfide) groups is 1. The Morgan fingerprint density at radius 3 is 2.76 bits per heavy atom. The molecule has 29 heavy (non-hydrogen) atoms. The largest absolute Gasteiger partial charge is 0.378 e. The van der Waals surface area contributed by atoms with Crippen LogP contribution in [0.2, 0.25) is 5.02 Å². The van der Waals surface area contributed by atoms with Gasteiger partial charge in [-0.15, -0.1) is 5.10 Å². The van der Waals surface area contributed by atoms with Gasteiger partial charge in [-0.25, -0.2) is 4.98 Å². The summed E-state index contributed by atoms with van der Waals surface area (Å²) in [7, 11) is 0. The van der Waals surface area contributed by atoms with E-state index >= 15 is 0 Å². The minimum atomic E-state index is -0.142. The van der Waals surface area contributed by atoms with E-state index in [1.54, 1.807) is 6.07 Å². The Labute approximate surface area is 177 Å². The van der Waals surface area contributed by atoms with E-state index in [-0.39, 0.29) is 11.7 Å². The number of aromatic amines is 1. The molecule has 0 bridgehead atoms. The molecule has 0 aliphatic carbocycles. The number of nitrogens with one attached hydrogen (secondary N) is 2. The molecule has 0 spiro atoms. The van der Waals surface area contributed by atoms with Crippen LogP contribution >= 0.6 is 23.4 Å². The van der Waals surface area contributed by atoms with Crippen molar-refractivity contribution < 1.29 is 9.53 Å². The van der Waals surface area contributed by atoms with E-state index in [4.69, 9.17) is 16.3 Å². The molecule has 150 valence electrons. The molecular weight excluding hydrogens is 410 g/mol. The van der Waals surface area contributed by atoms with Gasteiger partial charge in [0.2, 0.25) is 11.1 Å². The Hall–Kier alpha value is -2.55. The Kier molecular flexibility index (Phi) is 6.33. The second-order valence-corrected chi connectivity index (χ2v) is 7.78. The first-order chi connectivity index (χ1) is 14.2. The minimum absolute atomic E-state index is 0.142. The lowest BCUT2D eigenvalue weighted by atomic mass is 10.2. The molecule has 1 aromatic heterocycles. The SMILES string of the molecule is O=C(CSc1n[nH]c(-c2ccccc2)n1)Nc1ccc(N2CCOCC2)c(Cl)c1. The van der Waals surface area contributed by atoms with Gasteiger partial charge in [-0.3, -0.25) is 9.89 Å². The quantitative estimate of drug-likeness (QED) is 0.581. The number of hydrogen-bond acceptors (Lipinski definition) is 6. The fourth-order valence-corrected chi connectivity index (χ4v) is 3.91. The predicted molar refractivity (Wildman–Crippen MR) is 116 cm³/mol. The van der Waals surface area contributed by atoms with Crippen LogP contribution in [0.25, 0.3) is 11.4 Å². The van der Waals surface area contributed by atoms with Crippen molar-refractivity contribution in [2.45, 2.75) is 5.16 Å². The van der Waals surface area contributed by atoms with Gasteiger partial charge in [-0.05, 0) is 18.2 Å². The van der Waals surface area contributed by atoms with Crippen molar-refractivity contribution >= 4 is 40.6 Å². The molecule has 9 heteroatoms. The second kappa shape index (κ2) is 9.30. The highest BCUT2D eigenvalue weighted by Crippen LogP contribution is 2.29. The molecule has 4 rings (SSSR count). The number of H-pyrrole nitrogens is 1. The molecule has 2 heterocycles. The van der Waals surface area contributed by atoms with Crippen LogP contribution in [0.5, 0.6) is 0 Å². The number of ether oxygens (including phenoxy) is 1. The lowest BCUT2D eigenvalue weighted by Crippen LogP contribution is -2.36. The zero-order chi connectivity index (χ0) is 20.1. The van der Waals surface area contributed by atoms with Crippen LogP contribution in [0.4, 0.5) is 11.4 Å². The van der Waals surface area contributed by atoms with E-state index in [0.29, 0.717) is 34.9 Å². The van der Waals surface area contributed by atoms with E-state index in [9.17, 15) is 4.79 Å². The van der Waals surface area contributed by atoms with Crippen LogP contribution in [0.15, 0.2) is 53.7 Å². The summed E-state index contributed by atoms with van der Waals surface area (Å²) in [6.07, 6.45) is 0. The molecule has 1 saturated heterocycles. The Morgan fingerprint density at radius 2 is 2.00 bits per heavy atom. The van der Waals surface area contributed by atoms with Gasteiger partial charge in [0.15, 0.2) is 5.82 Å². The second-order valence-electron chi connectivity index (χ2n) is 6.44. The first-order valence-electron chi connectivity index (χ1n) is 9.22. The van der Waals surface area contributed by atoms with Crippen LogP contribution in [0.3, 0.4) is 0 Å². The predicted octanol–water partition coefficient (Wildman–Crippen LogP) is 3.69. The monoisotopic (exact) mass is 429 g/mol. The Bertz CT molecular complexity index is 976. The summed E-state index contributed by atoms with van der Waals surface area (Å²) < 4.78 is 5.37. The third kappa shape index (κ3) is 5.09. The Morgan fingerprint density at radius 1 is 1.21 bits per heavy atom. The molecule has 2 aromatic carbocycles. The number of amides is 1. The smallest absolute Gasteiger partial charge is 0.234 e. The third-order valence-electron chi connectivity index (χ3n) is 4.43. The number of carbonyl (C=O) groups is 1. The maximum Gasteiger partial charge on any atom is 0.234 e. The lowest BCUT2D eigenvalue weighted by Gasteiger charge is -2.29. The van der Waals surface area contributed by atoms with Crippen molar-refractivity contribution in [1.82, 2.24) is 15.2 Å². The van der Waals surface area contributed by atoms with Crippen LogP contribution in [-0.2, 0) is 9.53 Å². The molecule has 1 fully saturated rings. The summed E-state index contributed by atoms with van der Waals surface area (Å²) in [6, 6.07) is 15.3. The fourth-order valence-electron chi connectivity index (χ4n) is 3.01. The fraction of sp³-hybridized carbons (Fsp3) is 0.250. The molecule has 1 amide bonds. The number of aromatic nitrogens is 3. The molecule has 3 aromatic rings. The highest BCUT2D eigenvalue weighted by Gasteiger charge is 2.15. The highest BCUT2D eigenvalue weighted by atomic mass is 35.5. The lowest BCUT2D eigenvalue weighted by molar-refractivity contribution is -0.113. The molecule has 7 nitrogen and oxygen atoms in total. The summed E-state index contributed by atoms with van der Waals surface area (Å²) >= 11 is 7.69. The van der Waals surface area contributed by atoms with Crippen LogP contribution < -0.4 is 10.2 Å². The summed E-state index contributed by atoms with van der Waals surface area (Å²) in [5.41, 5.74) is 2.57. The van der Waals surface area contributed by atoms with Crippen molar-refractivity contribution in [3.63, 3.8) is 0 Å². The van der Waals surface area contributed by atoms with Gasteiger partial charge in [-0.1, -0.05) is 53.7 Å². The highest BCUT2D eigenvalue weighted by molar-refractivity contribution is 7.99. The van der Waals surface area contributed by atoms with Crippen molar-refractivity contribution in [3.05, 3.63) is 53.6 Å². The number of nitrogens with zero attached hydrogens (tertiary/aromatic N) is 3. The standard InChI is InChI=1S/C20H20ClN5O2S/c21-16-12-15(6-7-17(16)26-8-10-28-11-9-26)22-18(27)13-29-20-23-19(24-25-20)14-4-2-1-3-5-14/h1-7,12H,8-11,13H2,(H,22,27)(H,23,24,25). The van der Waals surface area contributed by atoms with Gasteiger partial charge >= 0.3 is 0 Å². The van der Waals surface area contributed by atoms with Gasteiger partial charge in [0.1, 0.15) is 0 Å². The number of halogens is 1. The van der Waals surface area contributed by atoms with E-state index in [2.05, 4.69) is 25.4 Å². The van der Waals surface area contributed by atoms with Crippen molar-refractivity contribution in [3.8, 4) is 11.4 Å².